The van der Waals surface area contributed by atoms with E-state index in [9.17, 15) is 5.11 Å². The van der Waals surface area contributed by atoms with Crippen LogP contribution in [0.4, 0.5) is 5.69 Å². The minimum Gasteiger partial charge on any atom is -0.389 e. The zero-order valence-electron chi connectivity index (χ0n) is 11.9. The standard InChI is InChI=1S/C16H24ClNO/c1-3-4-13-7-9-18(10-8-13)16-6-5-14(12(2)19)11-15(16)17/h5-6,11-13,19H,3-4,7-10H2,1-2H3. The topological polar surface area (TPSA) is 23.5 Å². The van der Waals surface area contributed by atoms with Crippen LogP contribution in [0.3, 0.4) is 0 Å². The maximum absolute atomic E-state index is 9.57. The Morgan fingerprint density at radius 3 is 2.58 bits per heavy atom. The summed E-state index contributed by atoms with van der Waals surface area (Å²) in [6.07, 6.45) is 4.71. The molecule has 2 nitrogen and oxygen atoms in total. The average molecular weight is 282 g/mol. The van der Waals surface area contributed by atoms with Crippen molar-refractivity contribution in [3.8, 4) is 0 Å². The lowest BCUT2D eigenvalue weighted by Crippen LogP contribution is -2.33. The molecule has 0 saturated carbocycles. The summed E-state index contributed by atoms with van der Waals surface area (Å²) in [5, 5.41) is 10.3. The summed E-state index contributed by atoms with van der Waals surface area (Å²) in [4.78, 5) is 2.38. The lowest BCUT2D eigenvalue weighted by atomic mass is 9.92. The van der Waals surface area contributed by atoms with Crippen molar-refractivity contribution in [3.05, 3.63) is 28.8 Å². The molecule has 1 saturated heterocycles. The number of aliphatic hydroxyl groups excluding tert-OH is 1. The van der Waals surface area contributed by atoms with Gasteiger partial charge in [-0.05, 0) is 43.4 Å². The van der Waals surface area contributed by atoms with Crippen molar-refractivity contribution in [1.82, 2.24) is 0 Å². The van der Waals surface area contributed by atoms with Crippen molar-refractivity contribution in [3.63, 3.8) is 0 Å². The predicted octanol–water partition coefficient (Wildman–Crippen LogP) is 4.41. The molecule has 1 atom stereocenters. The fraction of sp³-hybridized carbons (Fsp3) is 0.625. The fourth-order valence-electron chi connectivity index (χ4n) is 2.91. The van der Waals surface area contributed by atoms with Crippen LogP contribution in [0.1, 0.15) is 51.2 Å². The Balaban J connectivity index is 2.03. The Morgan fingerprint density at radius 2 is 2.05 bits per heavy atom. The maximum atomic E-state index is 9.57. The van der Waals surface area contributed by atoms with Crippen LogP contribution in [0.15, 0.2) is 18.2 Å². The van der Waals surface area contributed by atoms with E-state index in [1.54, 1.807) is 6.92 Å². The van der Waals surface area contributed by atoms with Gasteiger partial charge in [-0.15, -0.1) is 0 Å². The summed E-state index contributed by atoms with van der Waals surface area (Å²) in [6, 6.07) is 5.91. The van der Waals surface area contributed by atoms with Crippen LogP contribution in [-0.4, -0.2) is 18.2 Å². The number of aliphatic hydroxyl groups is 1. The lowest BCUT2D eigenvalue weighted by Gasteiger charge is -2.34. The maximum Gasteiger partial charge on any atom is 0.0762 e. The number of hydrogen-bond acceptors (Lipinski definition) is 2. The molecule has 19 heavy (non-hydrogen) atoms. The molecular formula is C16H24ClNO. The van der Waals surface area contributed by atoms with Gasteiger partial charge < -0.3 is 10.0 Å². The Bertz CT molecular complexity index is 411. The highest BCUT2D eigenvalue weighted by Gasteiger charge is 2.20. The van der Waals surface area contributed by atoms with Gasteiger partial charge in [0, 0.05) is 13.1 Å². The van der Waals surface area contributed by atoms with E-state index in [1.807, 2.05) is 18.2 Å². The first-order valence-corrected chi connectivity index (χ1v) is 7.72. The van der Waals surface area contributed by atoms with Crippen molar-refractivity contribution in [2.75, 3.05) is 18.0 Å². The smallest absolute Gasteiger partial charge is 0.0762 e. The largest absolute Gasteiger partial charge is 0.389 e. The summed E-state index contributed by atoms with van der Waals surface area (Å²) in [5.41, 5.74) is 2.00. The van der Waals surface area contributed by atoms with Crippen molar-refractivity contribution in [2.45, 2.75) is 45.6 Å². The monoisotopic (exact) mass is 281 g/mol. The number of halogens is 1. The number of benzene rings is 1. The molecule has 1 heterocycles. The molecule has 1 N–H and O–H groups in total. The molecule has 0 bridgehead atoms. The third-order valence-corrected chi connectivity index (χ3v) is 4.41. The minimum atomic E-state index is -0.457. The van der Waals surface area contributed by atoms with Gasteiger partial charge in [0.2, 0.25) is 0 Å². The van der Waals surface area contributed by atoms with Crippen LogP contribution in [0.25, 0.3) is 0 Å². The van der Waals surface area contributed by atoms with Gasteiger partial charge in [0.05, 0.1) is 16.8 Å². The zero-order valence-corrected chi connectivity index (χ0v) is 12.7. The lowest BCUT2D eigenvalue weighted by molar-refractivity contribution is 0.199. The van der Waals surface area contributed by atoms with Gasteiger partial charge in [0.1, 0.15) is 0 Å². The van der Waals surface area contributed by atoms with Gasteiger partial charge in [-0.25, -0.2) is 0 Å². The van der Waals surface area contributed by atoms with E-state index in [0.717, 1.165) is 35.3 Å². The summed E-state index contributed by atoms with van der Waals surface area (Å²) >= 11 is 6.35. The highest BCUT2D eigenvalue weighted by molar-refractivity contribution is 6.33. The molecule has 1 aliphatic rings. The van der Waals surface area contributed by atoms with Crippen LogP contribution in [-0.2, 0) is 0 Å². The molecule has 0 amide bonds. The van der Waals surface area contributed by atoms with E-state index in [-0.39, 0.29) is 0 Å². The SMILES string of the molecule is CCCC1CCN(c2ccc(C(C)O)cc2Cl)CC1. The molecule has 0 spiro atoms. The molecule has 1 aliphatic heterocycles. The molecular weight excluding hydrogens is 258 g/mol. The summed E-state index contributed by atoms with van der Waals surface area (Å²) in [6.45, 7) is 6.22. The van der Waals surface area contributed by atoms with E-state index in [2.05, 4.69) is 11.8 Å². The Hall–Kier alpha value is -0.730. The molecule has 0 radical (unpaired) electrons. The van der Waals surface area contributed by atoms with Gasteiger partial charge in [0.15, 0.2) is 0 Å². The van der Waals surface area contributed by atoms with Crippen LogP contribution < -0.4 is 4.90 Å². The van der Waals surface area contributed by atoms with E-state index >= 15 is 0 Å². The van der Waals surface area contributed by atoms with E-state index in [4.69, 9.17) is 11.6 Å². The van der Waals surface area contributed by atoms with Crippen LogP contribution in [0.2, 0.25) is 5.02 Å². The normalized spacial score (nSPS) is 18.6. The van der Waals surface area contributed by atoms with E-state index in [1.165, 1.54) is 25.7 Å². The second kappa shape index (κ2) is 6.62. The first-order valence-electron chi connectivity index (χ1n) is 7.34. The average Bonchev–Trinajstić information content (AvgIpc) is 2.40. The molecule has 0 aliphatic carbocycles. The number of piperidine rings is 1. The predicted molar refractivity (Wildman–Crippen MR) is 81.9 cm³/mol. The van der Waals surface area contributed by atoms with Gasteiger partial charge in [-0.2, -0.15) is 0 Å². The third kappa shape index (κ3) is 3.64. The second-order valence-electron chi connectivity index (χ2n) is 5.61. The van der Waals surface area contributed by atoms with E-state index in [0.29, 0.717) is 0 Å². The highest BCUT2D eigenvalue weighted by atomic mass is 35.5. The quantitative estimate of drug-likeness (QED) is 0.884. The van der Waals surface area contributed by atoms with Gasteiger partial charge in [-0.3, -0.25) is 0 Å². The number of anilines is 1. The first-order chi connectivity index (χ1) is 9.11. The van der Waals surface area contributed by atoms with Crippen molar-refractivity contribution in [2.24, 2.45) is 5.92 Å². The molecule has 2 rings (SSSR count). The molecule has 106 valence electrons. The zero-order chi connectivity index (χ0) is 13.8. The summed E-state index contributed by atoms with van der Waals surface area (Å²) < 4.78 is 0. The highest BCUT2D eigenvalue weighted by Crippen LogP contribution is 2.32. The van der Waals surface area contributed by atoms with Crippen LogP contribution >= 0.6 is 11.6 Å². The molecule has 1 aromatic rings. The van der Waals surface area contributed by atoms with Crippen molar-refractivity contribution in [1.29, 1.82) is 0 Å². The third-order valence-electron chi connectivity index (χ3n) is 4.11. The molecule has 1 fully saturated rings. The van der Waals surface area contributed by atoms with Crippen molar-refractivity contribution < 1.29 is 5.11 Å². The Labute approximate surface area is 121 Å². The van der Waals surface area contributed by atoms with Crippen molar-refractivity contribution >= 4 is 17.3 Å². The van der Waals surface area contributed by atoms with Gasteiger partial charge >= 0.3 is 0 Å². The minimum absolute atomic E-state index is 0.457. The molecule has 1 aromatic carbocycles. The molecule has 1 unspecified atom stereocenters. The number of rotatable bonds is 4. The van der Waals surface area contributed by atoms with Crippen LogP contribution in [0.5, 0.6) is 0 Å². The second-order valence-corrected chi connectivity index (χ2v) is 6.01. The van der Waals surface area contributed by atoms with Crippen LogP contribution in [0, 0.1) is 5.92 Å². The van der Waals surface area contributed by atoms with Gasteiger partial charge in [0.25, 0.3) is 0 Å². The molecule has 3 heteroatoms. The van der Waals surface area contributed by atoms with E-state index < -0.39 is 6.10 Å². The number of hydrogen-bond donors (Lipinski definition) is 1. The summed E-state index contributed by atoms with van der Waals surface area (Å²) in [5.74, 6) is 0.886. The van der Waals surface area contributed by atoms with Gasteiger partial charge in [-0.1, -0.05) is 37.4 Å². The summed E-state index contributed by atoms with van der Waals surface area (Å²) in [7, 11) is 0. The first kappa shape index (κ1) is 14.7. The number of nitrogens with zero attached hydrogens (tertiary/aromatic N) is 1. The Kier molecular flexibility index (Phi) is 5.12. The fourth-order valence-corrected chi connectivity index (χ4v) is 3.22. The Morgan fingerprint density at radius 1 is 1.37 bits per heavy atom. The molecule has 0 aromatic heterocycles.